The summed E-state index contributed by atoms with van der Waals surface area (Å²) in [6.07, 6.45) is -0.116. The zero-order valence-corrected chi connectivity index (χ0v) is 17.8. The van der Waals surface area contributed by atoms with Crippen LogP contribution < -0.4 is 4.74 Å². The first-order valence-electron chi connectivity index (χ1n) is 10.7. The van der Waals surface area contributed by atoms with Crippen LogP contribution in [0.2, 0.25) is 0 Å². The molecule has 2 unspecified atom stereocenters. The van der Waals surface area contributed by atoms with Crippen molar-refractivity contribution >= 4 is 10.8 Å². The molecular weight excluding hydrogens is 366 g/mol. The van der Waals surface area contributed by atoms with Gasteiger partial charge in [-0.1, -0.05) is 85.8 Å². The molecule has 1 heterocycles. The van der Waals surface area contributed by atoms with Crippen LogP contribution in [0.15, 0.2) is 84.9 Å². The Labute approximate surface area is 178 Å². The Kier molecular flexibility index (Phi) is 4.80. The molecule has 2 atom stereocenters. The summed E-state index contributed by atoms with van der Waals surface area (Å²) in [5.74, 6) is 0.986. The fourth-order valence-corrected chi connectivity index (χ4v) is 4.83. The van der Waals surface area contributed by atoms with E-state index in [9.17, 15) is 0 Å². The third-order valence-corrected chi connectivity index (χ3v) is 6.38. The molecule has 4 aromatic rings. The van der Waals surface area contributed by atoms with Crippen LogP contribution in [0.4, 0.5) is 0 Å². The highest BCUT2D eigenvalue weighted by Gasteiger charge is 2.38. The van der Waals surface area contributed by atoms with Crippen LogP contribution in [-0.2, 0) is 0 Å². The molecule has 0 aromatic heterocycles. The normalized spacial score (nSPS) is 18.8. The number of hydrogen-bond acceptors (Lipinski definition) is 2. The Morgan fingerprint density at radius 3 is 2.07 bits per heavy atom. The average molecular weight is 394 g/mol. The van der Waals surface area contributed by atoms with Gasteiger partial charge in [0.05, 0.1) is 6.04 Å². The van der Waals surface area contributed by atoms with Crippen LogP contribution in [0.25, 0.3) is 10.8 Å². The molecule has 0 fully saturated rings. The summed E-state index contributed by atoms with van der Waals surface area (Å²) in [6.45, 7) is 7.51. The van der Waals surface area contributed by atoms with E-state index in [1.807, 2.05) is 0 Å². The molecule has 150 valence electrons. The molecule has 4 aromatic carbocycles. The quantitative estimate of drug-likeness (QED) is 0.373. The van der Waals surface area contributed by atoms with E-state index in [0.29, 0.717) is 0 Å². The minimum Gasteiger partial charge on any atom is -0.470 e. The number of hydrogen-bond donors (Lipinski definition) is 0. The minimum atomic E-state index is -0.116. The number of benzene rings is 4. The smallest absolute Gasteiger partial charge is 0.180 e. The van der Waals surface area contributed by atoms with Gasteiger partial charge in [0.15, 0.2) is 6.23 Å². The first kappa shape index (κ1) is 18.9. The summed E-state index contributed by atoms with van der Waals surface area (Å²) in [4.78, 5) is 2.50. The second-order valence-corrected chi connectivity index (χ2v) is 8.11. The molecule has 0 spiro atoms. The second-order valence-electron chi connectivity index (χ2n) is 8.11. The van der Waals surface area contributed by atoms with E-state index in [2.05, 4.69) is 111 Å². The van der Waals surface area contributed by atoms with Crippen molar-refractivity contribution in [3.63, 3.8) is 0 Å². The minimum absolute atomic E-state index is 0.116. The molecule has 0 saturated heterocycles. The highest BCUT2D eigenvalue weighted by Crippen LogP contribution is 2.49. The van der Waals surface area contributed by atoms with Gasteiger partial charge in [0.2, 0.25) is 0 Å². The van der Waals surface area contributed by atoms with Crippen LogP contribution in [0.5, 0.6) is 5.75 Å². The van der Waals surface area contributed by atoms with Crippen molar-refractivity contribution in [2.75, 3.05) is 6.54 Å². The Bertz CT molecular complexity index is 1210. The molecule has 2 nitrogen and oxygen atoms in total. The zero-order valence-electron chi connectivity index (χ0n) is 17.8. The fraction of sp³-hybridized carbons (Fsp3) is 0.214. The maximum Gasteiger partial charge on any atom is 0.180 e. The van der Waals surface area contributed by atoms with Crippen LogP contribution in [0, 0.1) is 13.8 Å². The SMILES string of the molecule is CCN1C(c2ccccc2C)Oc2ccc3ccccc3c2C1c1ccccc1C. The molecule has 0 radical (unpaired) electrons. The molecule has 0 amide bonds. The molecule has 0 aliphatic carbocycles. The Morgan fingerprint density at radius 1 is 0.733 bits per heavy atom. The van der Waals surface area contributed by atoms with E-state index in [1.165, 1.54) is 38.6 Å². The summed E-state index contributed by atoms with van der Waals surface area (Å²) in [7, 11) is 0. The zero-order chi connectivity index (χ0) is 20.7. The van der Waals surface area contributed by atoms with Gasteiger partial charge in [-0.3, -0.25) is 4.90 Å². The van der Waals surface area contributed by atoms with E-state index in [0.717, 1.165) is 12.3 Å². The van der Waals surface area contributed by atoms with Gasteiger partial charge >= 0.3 is 0 Å². The van der Waals surface area contributed by atoms with E-state index in [4.69, 9.17) is 4.74 Å². The van der Waals surface area contributed by atoms with Gasteiger partial charge in [-0.15, -0.1) is 0 Å². The molecule has 2 heteroatoms. The highest BCUT2D eigenvalue weighted by molar-refractivity contribution is 5.89. The fourth-order valence-electron chi connectivity index (χ4n) is 4.83. The van der Waals surface area contributed by atoms with E-state index in [1.54, 1.807) is 0 Å². The van der Waals surface area contributed by atoms with Gasteiger partial charge in [-0.2, -0.15) is 0 Å². The lowest BCUT2D eigenvalue weighted by Gasteiger charge is -2.44. The molecule has 0 saturated carbocycles. The van der Waals surface area contributed by atoms with Crippen molar-refractivity contribution in [2.24, 2.45) is 0 Å². The summed E-state index contributed by atoms with van der Waals surface area (Å²) in [6, 6.07) is 30.5. The molecule has 1 aliphatic rings. The summed E-state index contributed by atoms with van der Waals surface area (Å²) >= 11 is 0. The molecule has 5 rings (SSSR count). The Balaban J connectivity index is 1.80. The third kappa shape index (κ3) is 3.00. The van der Waals surface area contributed by atoms with Gasteiger partial charge in [-0.25, -0.2) is 0 Å². The maximum atomic E-state index is 6.73. The van der Waals surface area contributed by atoms with Crippen molar-refractivity contribution in [3.05, 3.63) is 113 Å². The van der Waals surface area contributed by atoms with Gasteiger partial charge in [0, 0.05) is 17.7 Å². The van der Waals surface area contributed by atoms with Gasteiger partial charge in [0.25, 0.3) is 0 Å². The average Bonchev–Trinajstić information content (AvgIpc) is 2.78. The first-order chi connectivity index (χ1) is 14.7. The predicted molar refractivity (Wildman–Crippen MR) is 124 cm³/mol. The topological polar surface area (TPSA) is 12.5 Å². The summed E-state index contributed by atoms with van der Waals surface area (Å²) in [5, 5.41) is 2.52. The lowest BCUT2D eigenvalue weighted by molar-refractivity contribution is -0.0154. The monoisotopic (exact) mass is 393 g/mol. The lowest BCUT2D eigenvalue weighted by atomic mass is 9.87. The molecular formula is C28H27NO. The van der Waals surface area contributed by atoms with E-state index < -0.39 is 0 Å². The van der Waals surface area contributed by atoms with E-state index in [-0.39, 0.29) is 12.3 Å². The lowest BCUT2D eigenvalue weighted by Crippen LogP contribution is -2.40. The van der Waals surface area contributed by atoms with Gasteiger partial charge < -0.3 is 4.74 Å². The standard InChI is InChI=1S/C28H27NO/c1-4-29-27(22-14-8-5-11-19(22)2)26-24-16-10-7-13-21(24)17-18-25(26)30-28(29)23-15-9-6-12-20(23)3/h5-18,27-28H,4H2,1-3H3. The predicted octanol–water partition coefficient (Wildman–Crippen LogP) is 6.96. The Morgan fingerprint density at radius 2 is 1.37 bits per heavy atom. The van der Waals surface area contributed by atoms with E-state index >= 15 is 0 Å². The van der Waals surface area contributed by atoms with Crippen LogP contribution in [-0.4, -0.2) is 11.4 Å². The van der Waals surface area contributed by atoms with Crippen molar-refractivity contribution in [2.45, 2.75) is 33.0 Å². The largest absolute Gasteiger partial charge is 0.470 e. The number of rotatable bonds is 3. The number of ether oxygens (including phenoxy) is 1. The Hall–Kier alpha value is -3.10. The number of fused-ring (bicyclic) bond motifs is 3. The third-order valence-electron chi connectivity index (χ3n) is 6.38. The molecule has 0 bridgehead atoms. The molecule has 30 heavy (non-hydrogen) atoms. The number of aryl methyl sites for hydroxylation is 2. The summed E-state index contributed by atoms with van der Waals surface area (Å²) < 4.78 is 6.73. The molecule has 1 aliphatic heterocycles. The molecule has 0 N–H and O–H groups in total. The first-order valence-corrected chi connectivity index (χ1v) is 10.7. The highest BCUT2D eigenvalue weighted by atomic mass is 16.5. The number of nitrogens with zero attached hydrogens (tertiary/aromatic N) is 1. The van der Waals surface area contributed by atoms with Crippen molar-refractivity contribution < 1.29 is 4.74 Å². The maximum absolute atomic E-state index is 6.73. The van der Waals surface area contributed by atoms with Crippen LogP contribution >= 0.6 is 0 Å². The summed E-state index contributed by atoms with van der Waals surface area (Å²) in [5.41, 5.74) is 6.42. The van der Waals surface area contributed by atoms with Crippen molar-refractivity contribution in [1.82, 2.24) is 4.90 Å². The van der Waals surface area contributed by atoms with Gasteiger partial charge in [0.1, 0.15) is 5.75 Å². The second kappa shape index (κ2) is 7.62. The van der Waals surface area contributed by atoms with Crippen molar-refractivity contribution in [1.29, 1.82) is 0 Å². The van der Waals surface area contributed by atoms with Crippen LogP contribution in [0.1, 0.15) is 47.0 Å². The van der Waals surface area contributed by atoms with Crippen LogP contribution in [0.3, 0.4) is 0 Å². The van der Waals surface area contributed by atoms with Crippen molar-refractivity contribution in [3.8, 4) is 5.75 Å². The van der Waals surface area contributed by atoms with Gasteiger partial charge in [-0.05, 0) is 47.4 Å².